The highest BCUT2D eigenvalue weighted by molar-refractivity contribution is 6.31. The van der Waals surface area contributed by atoms with E-state index in [1.807, 2.05) is 13.8 Å². The second-order valence-electron chi connectivity index (χ2n) is 4.38. The summed E-state index contributed by atoms with van der Waals surface area (Å²) in [6, 6.07) is 4.87. The largest absolute Gasteiger partial charge is 0.398 e. The summed E-state index contributed by atoms with van der Waals surface area (Å²) in [5.74, 6) is -0.128. The molecule has 0 heterocycles. The van der Waals surface area contributed by atoms with Crippen LogP contribution in [0.15, 0.2) is 18.2 Å². The molecule has 2 N–H and O–H groups in total. The van der Waals surface area contributed by atoms with Crippen molar-refractivity contribution in [3.05, 3.63) is 28.8 Å². The van der Waals surface area contributed by atoms with Crippen LogP contribution in [0.3, 0.4) is 0 Å². The van der Waals surface area contributed by atoms with Crippen molar-refractivity contribution in [3.63, 3.8) is 0 Å². The van der Waals surface area contributed by atoms with E-state index in [0.29, 0.717) is 29.4 Å². The van der Waals surface area contributed by atoms with E-state index in [2.05, 4.69) is 0 Å². The van der Waals surface area contributed by atoms with Crippen LogP contribution in [0.1, 0.15) is 24.2 Å². The minimum absolute atomic E-state index is 0.128. The standard InChI is InChI=1S/C13H19ClN2O2/c1-9(2)18-7-6-16(3)13(17)11-5-4-10(14)8-12(11)15/h4-5,8-9H,6-7,15H2,1-3H3. The van der Waals surface area contributed by atoms with E-state index in [1.54, 1.807) is 30.1 Å². The lowest BCUT2D eigenvalue weighted by atomic mass is 10.1. The fourth-order valence-corrected chi connectivity index (χ4v) is 1.64. The lowest BCUT2D eigenvalue weighted by Gasteiger charge is -2.19. The normalized spacial score (nSPS) is 10.7. The maximum atomic E-state index is 12.1. The van der Waals surface area contributed by atoms with Crippen LogP contribution in [0.2, 0.25) is 5.02 Å². The highest BCUT2D eigenvalue weighted by Crippen LogP contribution is 2.19. The predicted molar refractivity (Wildman–Crippen MR) is 73.9 cm³/mol. The number of halogens is 1. The van der Waals surface area contributed by atoms with Crippen LogP contribution in [0.5, 0.6) is 0 Å². The molecule has 1 amide bonds. The molecule has 0 aliphatic heterocycles. The first-order valence-electron chi connectivity index (χ1n) is 5.84. The van der Waals surface area contributed by atoms with E-state index in [9.17, 15) is 4.79 Å². The zero-order valence-corrected chi connectivity index (χ0v) is 11.7. The Morgan fingerprint density at radius 1 is 1.50 bits per heavy atom. The molecular formula is C13H19ClN2O2. The summed E-state index contributed by atoms with van der Waals surface area (Å²) in [5, 5.41) is 0.523. The number of nitrogens with zero attached hydrogens (tertiary/aromatic N) is 1. The lowest BCUT2D eigenvalue weighted by molar-refractivity contribution is 0.0532. The van der Waals surface area contributed by atoms with E-state index in [4.69, 9.17) is 22.1 Å². The van der Waals surface area contributed by atoms with Crippen molar-refractivity contribution in [1.29, 1.82) is 0 Å². The van der Waals surface area contributed by atoms with Crippen LogP contribution < -0.4 is 5.73 Å². The van der Waals surface area contributed by atoms with Gasteiger partial charge in [0.25, 0.3) is 5.91 Å². The number of amides is 1. The molecule has 0 saturated heterocycles. The summed E-state index contributed by atoms with van der Waals surface area (Å²) >= 11 is 5.79. The number of carbonyl (C=O) groups is 1. The number of carbonyl (C=O) groups excluding carboxylic acids is 1. The summed E-state index contributed by atoms with van der Waals surface area (Å²) in [6.07, 6.45) is 0.161. The number of hydrogen-bond donors (Lipinski definition) is 1. The van der Waals surface area contributed by atoms with Gasteiger partial charge in [0.1, 0.15) is 0 Å². The summed E-state index contributed by atoms with van der Waals surface area (Å²) in [4.78, 5) is 13.7. The zero-order chi connectivity index (χ0) is 13.7. The van der Waals surface area contributed by atoms with Crippen molar-refractivity contribution < 1.29 is 9.53 Å². The summed E-state index contributed by atoms with van der Waals surface area (Å²) in [6.45, 7) is 4.95. The Labute approximate surface area is 113 Å². The van der Waals surface area contributed by atoms with Gasteiger partial charge in [-0.05, 0) is 32.0 Å². The molecule has 0 bridgehead atoms. The van der Waals surface area contributed by atoms with Crippen molar-refractivity contribution in [1.82, 2.24) is 4.90 Å². The molecule has 0 aromatic heterocycles. The Bertz CT molecular complexity index is 421. The van der Waals surface area contributed by atoms with Crippen LogP contribution in [0.25, 0.3) is 0 Å². The minimum Gasteiger partial charge on any atom is -0.398 e. The fraction of sp³-hybridized carbons (Fsp3) is 0.462. The molecule has 5 heteroatoms. The topological polar surface area (TPSA) is 55.6 Å². The monoisotopic (exact) mass is 270 g/mol. The molecule has 0 unspecified atom stereocenters. The van der Waals surface area contributed by atoms with Crippen LogP contribution >= 0.6 is 11.6 Å². The fourth-order valence-electron chi connectivity index (χ4n) is 1.46. The number of nitrogens with two attached hydrogens (primary N) is 1. The Kier molecular flexibility index (Phi) is 5.44. The summed E-state index contributed by atoms with van der Waals surface area (Å²) < 4.78 is 5.40. The third kappa shape index (κ3) is 4.20. The van der Waals surface area contributed by atoms with Crippen molar-refractivity contribution in [2.45, 2.75) is 20.0 Å². The van der Waals surface area contributed by atoms with Crippen molar-refractivity contribution in [3.8, 4) is 0 Å². The highest BCUT2D eigenvalue weighted by atomic mass is 35.5. The smallest absolute Gasteiger partial charge is 0.255 e. The minimum atomic E-state index is -0.128. The van der Waals surface area contributed by atoms with E-state index >= 15 is 0 Å². The third-order valence-electron chi connectivity index (χ3n) is 2.47. The number of ether oxygens (including phenoxy) is 1. The molecule has 18 heavy (non-hydrogen) atoms. The highest BCUT2D eigenvalue weighted by Gasteiger charge is 2.14. The quantitative estimate of drug-likeness (QED) is 0.836. The van der Waals surface area contributed by atoms with E-state index in [-0.39, 0.29) is 12.0 Å². The molecule has 0 saturated carbocycles. The molecule has 0 radical (unpaired) electrons. The molecule has 0 spiro atoms. The number of anilines is 1. The summed E-state index contributed by atoms with van der Waals surface area (Å²) in [7, 11) is 1.72. The van der Waals surface area contributed by atoms with Gasteiger partial charge in [-0.1, -0.05) is 11.6 Å². The molecule has 1 aromatic rings. The number of hydrogen-bond acceptors (Lipinski definition) is 3. The first-order valence-corrected chi connectivity index (χ1v) is 6.21. The molecule has 1 aromatic carbocycles. The zero-order valence-electron chi connectivity index (χ0n) is 10.9. The van der Waals surface area contributed by atoms with Gasteiger partial charge in [0.2, 0.25) is 0 Å². The molecule has 4 nitrogen and oxygen atoms in total. The molecule has 100 valence electrons. The molecule has 0 atom stereocenters. The molecular weight excluding hydrogens is 252 g/mol. The first-order chi connectivity index (χ1) is 8.41. The average molecular weight is 271 g/mol. The Balaban J connectivity index is 2.63. The maximum Gasteiger partial charge on any atom is 0.255 e. The predicted octanol–water partition coefficient (Wildman–Crippen LogP) is 2.42. The number of nitrogen functional groups attached to an aromatic ring is 1. The maximum absolute atomic E-state index is 12.1. The number of likely N-dealkylation sites (N-methyl/N-ethyl adjacent to an activating group) is 1. The van der Waals surface area contributed by atoms with Gasteiger partial charge in [-0.3, -0.25) is 4.79 Å². The SMILES string of the molecule is CC(C)OCCN(C)C(=O)c1ccc(Cl)cc1N. The van der Waals surface area contributed by atoms with Crippen molar-refractivity contribution in [2.75, 3.05) is 25.9 Å². The first kappa shape index (κ1) is 14.8. The third-order valence-corrected chi connectivity index (χ3v) is 2.70. The molecule has 0 aliphatic carbocycles. The second-order valence-corrected chi connectivity index (χ2v) is 4.81. The lowest BCUT2D eigenvalue weighted by Crippen LogP contribution is -2.31. The van der Waals surface area contributed by atoms with Crippen LogP contribution in [0, 0.1) is 0 Å². The number of benzene rings is 1. The van der Waals surface area contributed by atoms with E-state index < -0.39 is 0 Å². The van der Waals surface area contributed by atoms with Crippen molar-refractivity contribution in [2.24, 2.45) is 0 Å². The average Bonchev–Trinajstić information content (AvgIpc) is 2.27. The van der Waals surface area contributed by atoms with E-state index in [0.717, 1.165) is 0 Å². The van der Waals surface area contributed by atoms with Gasteiger partial charge < -0.3 is 15.4 Å². The van der Waals surface area contributed by atoms with E-state index in [1.165, 1.54) is 0 Å². The van der Waals surface area contributed by atoms with Crippen LogP contribution in [0.4, 0.5) is 5.69 Å². The van der Waals surface area contributed by atoms with Crippen LogP contribution in [-0.4, -0.2) is 37.1 Å². The van der Waals surface area contributed by atoms with Crippen LogP contribution in [-0.2, 0) is 4.74 Å². The van der Waals surface area contributed by atoms with Gasteiger partial charge in [-0.15, -0.1) is 0 Å². The number of rotatable bonds is 5. The molecule has 0 fully saturated rings. The second kappa shape index (κ2) is 6.61. The summed E-state index contributed by atoms with van der Waals surface area (Å²) in [5.41, 5.74) is 6.63. The van der Waals surface area contributed by atoms with Gasteiger partial charge in [-0.2, -0.15) is 0 Å². The molecule has 1 rings (SSSR count). The van der Waals surface area contributed by atoms with Gasteiger partial charge >= 0.3 is 0 Å². The molecule has 0 aliphatic rings. The van der Waals surface area contributed by atoms with Crippen molar-refractivity contribution >= 4 is 23.2 Å². The Morgan fingerprint density at radius 3 is 2.72 bits per heavy atom. The van der Waals surface area contributed by atoms with Gasteiger partial charge in [0.05, 0.1) is 18.3 Å². The van der Waals surface area contributed by atoms with Gasteiger partial charge in [0, 0.05) is 24.3 Å². The van der Waals surface area contributed by atoms with Gasteiger partial charge in [0.15, 0.2) is 0 Å². The van der Waals surface area contributed by atoms with Gasteiger partial charge in [-0.25, -0.2) is 0 Å². The Hall–Kier alpha value is -1.26. The Morgan fingerprint density at radius 2 is 2.17 bits per heavy atom.